The van der Waals surface area contributed by atoms with Gasteiger partial charge < -0.3 is 10.2 Å². The van der Waals surface area contributed by atoms with E-state index in [4.69, 9.17) is 36.5 Å². The fourth-order valence-electron chi connectivity index (χ4n) is 3.91. The SMILES string of the molecule is O=S(=O)(O)c1cc(O)ccc1O.O=S(=O)(O)c1cc(S(=O)(=O)c2ccc(F)cc2)ccc1F.O=S(=O)(O)c1cc(S(=O)(=O)c2ccc(F)cc2)ccc1F.O=S(=O)=O. The standard InChI is InChI=1S/2C12H8F2O5S2.C6H6O5S.O3S/c2*13-8-1-3-9(4-2-8)20(15,16)10-5-6-11(14)12(7-10)21(17,18)19;7-4-1-2-5(8)6(3-4)12(9,10)11;1-4(2)3/h2*1-7H,(H,17,18,19);1-3,7-8H,(H,9,10,11);. The zero-order valence-electron chi connectivity index (χ0n) is 27.8. The van der Waals surface area contributed by atoms with Crippen LogP contribution in [0.2, 0.25) is 0 Å². The van der Waals surface area contributed by atoms with E-state index >= 15 is 0 Å². The van der Waals surface area contributed by atoms with Crippen molar-refractivity contribution in [2.75, 3.05) is 0 Å². The van der Waals surface area contributed by atoms with E-state index in [2.05, 4.69) is 0 Å². The molecule has 0 aromatic heterocycles. The highest BCUT2D eigenvalue weighted by molar-refractivity contribution is 7.92. The van der Waals surface area contributed by atoms with E-state index in [0.717, 1.165) is 78.9 Å². The van der Waals surface area contributed by atoms with Crippen LogP contribution in [0.25, 0.3) is 0 Å². The molecular weight excluding hydrogens is 917 g/mol. The highest BCUT2D eigenvalue weighted by Gasteiger charge is 2.25. The van der Waals surface area contributed by atoms with Crippen molar-refractivity contribution >= 4 is 60.6 Å². The molecule has 0 aliphatic rings. The molecule has 5 aromatic carbocycles. The monoisotopic (exact) mass is 938 g/mol. The van der Waals surface area contributed by atoms with Crippen molar-refractivity contribution < 1.29 is 96.1 Å². The number of aromatic hydroxyl groups is 2. The fraction of sp³-hybridized carbons (Fsp3) is 0. The molecule has 314 valence electrons. The Morgan fingerprint density at radius 3 is 0.966 bits per heavy atom. The number of sulfone groups is 2. The van der Waals surface area contributed by atoms with Gasteiger partial charge in [-0.2, -0.15) is 25.3 Å². The van der Waals surface area contributed by atoms with E-state index in [1.807, 2.05) is 0 Å². The number of benzene rings is 5. The summed E-state index contributed by atoms with van der Waals surface area (Å²) in [7, 11) is -25.7. The average molecular weight is 939 g/mol. The summed E-state index contributed by atoms with van der Waals surface area (Å²) in [4.78, 5) is -4.67. The molecule has 0 bridgehead atoms. The maximum Gasteiger partial charge on any atom is 0.425 e. The number of phenols is 2. The molecule has 0 atom stereocenters. The van der Waals surface area contributed by atoms with Crippen molar-refractivity contribution in [3.63, 3.8) is 0 Å². The molecule has 0 radical (unpaired) electrons. The predicted octanol–water partition coefficient (Wildman–Crippen LogP) is 3.43. The summed E-state index contributed by atoms with van der Waals surface area (Å²) in [6, 6.07) is 14.4. The van der Waals surface area contributed by atoms with Gasteiger partial charge in [-0.3, -0.25) is 13.7 Å². The third kappa shape index (κ3) is 13.7. The smallest absolute Gasteiger partial charge is 0.425 e. The minimum absolute atomic E-state index is 0.295. The molecule has 18 nitrogen and oxygen atoms in total. The predicted molar refractivity (Wildman–Crippen MR) is 185 cm³/mol. The molecule has 0 saturated heterocycles. The van der Waals surface area contributed by atoms with Gasteiger partial charge in [0.1, 0.15) is 49.5 Å². The summed E-state index contributed by atoms with van der Waals surface area (Å²) >= 11 is 0. The van der Waals surface area contributed by atoms with Crippen LogP contribution in [0.4, 0.5) is 17.6 Å². The quantitative estimate of drug-likeness (QED) is 0.0675. The van der Waals surface area contributed by atoms with E-state index in [9.17, 15) is 59.7 Å². The van der Waals surface area contributed by atoms with E-state index in [-0.39, 0.29) is 15.5 Å². The Balaban J connectivity index is 0.000000296. The van der Waals surface area contributed by atoms with Gasteiger partial charge >= 0.3 is 10.6 Å². The van der Waals surface area contributed by atoms with Crippen LogP contribution in [0.3, 0.4) is 0 Å². The maximum absolute atomic E-state index is 13.3. The lowest BCUT2D eigenvalue weighted by molar-refractivity contribution is 0.433. The molecule has 0 spiro atoms. The van der Waals surface area contributed by atoms with Crippen molar-refractivity contribution in [1.29, 1.82) is 0 Å². The zero-order chi connectivity index (χ0) is 44.6. The van der Waals surface area contributed by atoms with Crippen LogP contribution in [-0.2, 0) is 60.6 Å². The van der Waals surface area contributed by atoms with Crippen molar-refractivity contribution in [2.24, 2.45) is 0 Å². The molecule has 0 unspecified atom stereocenters. The van der Waals surface area contributed by atoms with E-state index in [1.54, 1.807) is 0 Å². The fourth-order valence-corrected chi connectivity index (χ4v) is 8.41. The second-order valence-electron chi connectivity index (χ2n) is 10.4. The summed E-state index contributed by atoms with van der Waals surface area (Å²) < 4.78 is 218. The van der Waals surface area contributed by atoms with Crippen LogP contribution in [0.1, 0.15) is 0 Å². The van der Waals surface area contributed by atoms with Crippen molar-refractivity contribution in [1.82, 2.24) is 0 Å². The number of halogens is 4. The van der Waals surface area contributed by atoms with Gasteiger partial charge in [0.05, 0.1) is 19.6 Å². The molecule has 0 aliphatic heterocycles. The molecule has 5 aromatic rings. The third-order valence-corrected chi connectivity index (χ3v) is 12.6. The Labute approximate surface area is 327 Å². The van der Waals surface area contributed by atoms with Gasteiger partial charge in [-0.15, -0.1) is 12.6 Å². The number of phenolic OH excluding ortho intramolecular Hbond substituents is 2. The van der Waals surface area contributed by atoms with Crippen molar-refractivity contribution in [3.8, 4) is 11.5 Å². The Kier molecular flexibility index (Phi) is 15.9. The highest BCUT2D eigenvalue weighted by Crippen LogP contribution is 2.28. The molecule has 28 heteroatoms. The first kappa shape index (κ1) is 48.8. The van der Waals surface area contributed by atoms with Crippen molar-refractivity contribution in [3.05, 3.63) is 126 Å². The summed E-state index contributed by atoms with van der Waals surface area (Å²) in [6.45, 7) is 0. The molecule has 0 aliphatic carbocycles. The Morgan fingerprint density at radius 2 is 0.690 bits per heavy atom. The number of rotatable bonds is 7. The molecule has 58 heavy (non-hydrogen) atoms. The summed E-state index contributed by atoms with van der Waals surface area (Å²) in [5, 5.41) is 17.7. The van der Waals surface area contributed by atoms with Crippen LogP contribution in [0.15, 0.2) is 137 Å². The van der Waals surface area contributed by atoms with Crippen LogP contribution in [0.5, 0.6) is 11.5 Å². The Morgan fingerprint density at radius 1 is 0.397 bits per heavy atom. The molecule has 0 amide bonds. The normalized spacial score (nSPS) is 11.7. The molecular formula is C30H22F4O18S6. The first-order chi connectivity index (χ1) is 26.4. The number of hydrogen-bond acceptors (Lipinski definition) is 15. The highest BCUT2D eigenvalue weighted by atomic mass is 32.2. The first-order valence-corrected chi connectivity index (χ1v) is 22.5. The third-order valence-electron chi connectivity index (χ3n) is 6.45. The van der Waals surface area contributed by atoms with Gasteiger partial charge in [-0.25, -0.2) is 34.4 Å². The number of hydrogen-bond donors (Lipinski definition) is 5. The minimum atomic E-state index is -4.90. The largest absolute Gasteiger partial charge is 0.508 e. The molecule has 5 rings (SSSR count). The lowest BCUT2D eigenvalue weighted by Crippen LogP contribution is -2.07. The van der Waals surface area contributed by atoms with E-state index in [1.165, 1.54) is 0 Å². The van der Waals surface area contributed by atoms with E-state index in [0.29, 0.717) is 24.3 Å². The lowest BCUT2D eigenvalue weighted by atomic mass is 10.3. The van der Waals surface area contributed by atoms with Crippen LogP contribution < -0.4 is 0 Å². The van der Waals surface area contributed by atoms with Crippen molar-refractivity contribution in [2.45, 2.75) is 34.3 Å². The minimum Gasteiger partial charge on any atom is -0.508 e. The molecule has 0 fully saturated rings. The Hall–Kier alpha value is -5.33. The first-order valence-electron chi connectivity index (χ1n) is 14.2. The van der Waals surface area contributed by atoms with Crippen LogP contribution in [-0.4, -0.2) is 78.6 Å². The summed E-state index contributed by atoms with van der Waals surface area (Å²) in [5.41, 5.74) is 0. The lowest BCUT2D eigenvalue weighted by Gasteiger charge is -2.06. The topological polar surface area (TPSA) is 323 Å². The van der Waals surface area contributed by atoms with Crippen LogP contribution in [0, 0.1) is 23.3 Å². The van der Waals surface area contributed by atoms with Gasteiger partial charge in [0, 0.05) is 6.07 Å². The second kappa shape index (κ2) is 18.9. The van der Waals surface area contributed by atoms with Gasteiger partial charge in [0.15, 0.2) is 0 Å². The molecule has 0 saturated carbocycles. The van der Waals surface area contributed by atoms with Gasteiger partial charge in [-0.05, 0) is 97.1 Å². The van der Waals surface area contributed by atoms with Gasteiger partial charge in [0.2, 0.25) is 19.7 Å². The summed E-state index contributed by atoms with van der Waals surface area (Å²) in [5.74, 6) is -4.81. The van der Waals surface area contributed by atoms with Gasteiger partial charge in [0.25, 0.3) is 30.4 Å². The maximum atomic E-state index is 13.3. The zero-order valence-corrected chi connectivity index (χ0v) is 32.7. The summed E-state index contributed by atoms with van der Waals surface area (Å²) in [6.07, 6.45) is 0. The molecule has 5 N–H and O–H groups in total. The Bertz CT molecular complexity index is 2840. The van der Waals surface area contributed by atoms with E-state index < -0.39 is 114 Å². The second-order valence-corrected chi connectivity index (χ2v) is 18.9. The average Bonchev–Trinajstić information content (AvgIpc) is 3.09. The molecule has 0 heterocycles. The van der Waals surface area contributed by atoms with Crippen LogP contribution >= 0.6 is 0 Å². The van der Waals surface area contributed by atoms with Gasteiger partial charge in [-0.1, -0.05) is 0 Å².